The molecule has 0 bridgehead atoms. The van der Waals surface area contributed by atoms with Crippen molar-refractivity contribution < 1.29 is 9.59 Å². The molecule has 1 aliphatic heterocycles. The van der Waals surface area contributed by atoms with E-state index in [1.165, 1.54) is 0 Å². The van der Waals surface area contributed by atoms with Crippen LogP contribution in [-0.4, -0.2) is 58.4 Å². The van der Waals surface area contributed by atoms with E-state index in [9.17, 15) is 9.59 Å². The van der Waals surface area contributed by atoms with Gasteiger partial charge < -0.3 is 15.1 Å². The summed E-state index contributed by atoms with van der Waals surface area (Å²) >= 11 is 0. The number of carbonyl (C=O) groups is 2. The lowest BCUT2D eigenvalue weighted by Gasteiger charge is -2.27. The van der Waals surface area contributed by atoms with E-state index < -0.39 is 0 Å². The lowest BCUT2D eigenvalue weighted by molar-refractivity contribution is 0.0761. The highest BCUT2D eigenvalue weighted by molar-refractivity contribution is 5.93. The first kappa shape index (κ1) is 16.3. The Balaban J connectivity index is 1.95. The molecule has 0 aromatic carbocycles. The third-order valence-corrected chi connectivity index (χ3v) is 3.46. The summed E-state index contributed by atoms with van der Waals surface area (Å²) in [6.45, 7) is 8.30. The molecule has 0 saturated carbocycles. The molecule has 0 radical (unpaired) electrons. The zero-order chi connectivity index (χ0) is 16.2. The lowest BCUT2D eigenvalue weighted by Crippen LogP contribution is -2.49. The van der Waals surface area contributed by atoms with Crippen molar-refractivity contribution in [2.24, 2.45) is 0 Å². The Morgan fingerprint density at radius 3 is 2.45 bits per heavy atom. The number of hydrogen-bond acceptors (Lipinski definition) is 3. The van der Waals surface area contributed by atoms with E-state index in [0.717, 1.165) is 6.42 Å². The number of pyridine rings is 1. The van der Waals surface area contributed by atoms with Crippen LogP contribution < -0.4 is 5.32 Å². The molecule has 1 fully saturated rings. The number of nitrogens with one attached hydrogen (secondary N) is 1. The number of nitrogens with zero attached hydrogens (tertiary/aromatic N) is 3. The second kappa shape index (κ2) is 6.77. The smallest absolute Gasteiger partial charge is 0.317 e. The van der Waals surface area contributed by atoms with Gasteiger partial charge in [-0.3, -0.25) is 9.78 Å². The maximum Gasteiger partial charge on any atom is 0.317 e. The van der Waals surface area contributed by atoms with Crippen molar-refractivity contribution in [1.29, 1.82) is 0 Å². The SMILES string of the molecule is CC(C)(C)NC(=O)N1CCCN(C(=O)c2cccnc2)CC1. The van der Waals surface area contributed by atoms with E-state index in [4.69, 9.17) is 0 Å². The predicted octanol–water partition coefficient (Wildman–Crippen LogP) is 1.74. The minimum absolute atomic E-state index is 0.0221. The van der Waals surface area contributed by atoms with Gasteiger partial charge in [-0.1, -0.05) is 0 Å². The monoisotopic (exact) mass is 304 g/mol. The summed E-state index contributed by atoms with van der Waals surface area (Å²) in [5, 5.41) is 2.97. The van der Waals surface area contributed by atoms with Crippen LogP contribution in [0, 0.1) is 0 Å². The van der Waals surface area contributed by atoms with Crippen LogP contribution in [0.15, 0.2) is 24.5 Å². The Bertz CT molecular complexity index is 525. The number of hydrogen-bond donors (Lipinski definition) is 1. The minimum atomic E-state index is -0.255. The van der Waals surface area contributed by atoms with E-state index in [1.807, 2.05) is 20.8 Å². The summed E-state index contributed by atoms with van der Waals surface area (Å²) in [4.78, 5) is 32.2. The van der Waals surface area contributed by atoms with Crippen molar-refractivity contribution in [3.05, 3.63) is 30.1 Å². The molecular formula is C16H24N4O2. The Morgan fingerprint density at radius 1 is 1.14 bits per heavy atom. The van der Waals surface area contributed by atoms with Crippen LogP contribution in [0.25, 0.3) is 0 Å². The number of aromatic nitrogens is 1. The van der Waals surface area contributed by atoms with Crippen molar-refractivity contribution in [1.82, 2.24) is 20.1 Å². The van der Waals surface area contributed by atoms with Gasteiger partial charge in [0.25, 0.3) is 5.91 Å². The fourth-order valence-corrected chi connectivity index (χ4v) is 2.40. The van der Waals surface area contributed by atoms with E-state index in [0.29, 0.717) is 31.7 Å². The van der Waals surface area contributed by atoms with E-state index >= 15 is 0 Å². The first-order valence-corrected chi connectivity index (χ1v) is 7.63. The third-order valence-electron chi connectivity index (χ3n) is 3.46. The van der Waals surface area contributed by atoms with Gasteiger partial charge in [0.1, 0.15) is 0 Å². The van der Waals surface area contributed by atoms with Crippen LogP contribution in [-0.2, 0) is 0 Å². The summed E-state index contributed by atoms with van der Waals surface area (Å²) in [7, 11) is 0. The summed E-state index contributed by atoms with van der Waals surface area (Å²) in [6, 6.07) is 3.46. The van der Waals surface area contributed by atoms with Gasteiger partial charge in [0.2, 0.25) is 0 Å². The van der Waals surface area contributed by atoms with Gasteiger partial charge in [-0.2, -0.15) is 0 Å². The normalized spacial score (nSPS) is 16.1. The third kappa shape index (κ3) is 4.44. The van der Waals surface area contributed by atoms with Gasteiger partial charge in [-0.05, 0) is 39.3 Å². The van der Waals surface area contributed by atoms with Crippen molar-refractivity contribution in [3.8, 4) is 0 Å². The first-order chi connectivity index (χ1) is 10.4. The molecule has 1 aliphatic rings. The fraction of sp³-hybridized carbons (Fsp3) is 0.562. The summed E-state index contributed by atoms with van der Waals surface area (Å²) in [6.07, 6.45) is 4.01. The molecule has 0 aliphatic carbocycles. The van der Waals surface area contributed by atoms with Crippen molar-refractivity contribution in [2.75, 3.05) is 26.2 Å². The van der Waals surface area contributed by atoms with Crippen LogP contribution in [0.2, 0.25) is 0 Å². The molecule has 3 amide bonds. The zero-order valence-corrected chi connectivity index (χ0v) is 13.5. The molecule has 1 aromatic rings. The molecule has 6 nitrogen and oxygen atoms in total. The lowest BCUT2D eigenvalue weighted by atomic mass is 10.1. The molecule has 1 aromatic heterocycles. The number of urea groups is 1. The van der Waals surface area contributed by atoms with E-state index in [1.54, 1.807) is 34.3 Å². The van der Waals surface area contributed by atoms with E-state index in [2.05, 4.69) is 10.3 Å². The van der Waals surface area contributed by atoms with Gasteiger partial charge in [0.15, 0.2) is 0 Å². The number of rotatable bonds is 1. The van der Waals surface area contributed by atoms with Crippen LogP contribution in [0.1, 0.15) is 37.6 Å². The van der Waals surface area contributed by atoms with Gasteiger partial charge >= 0.3 is 6.03 Å². The molecule has 0 spiro atoms. The average molecular weight is 304 g/mol. The summed E-state index contributed by atoms with van der Waals surface area (Å²) in [5.74, 6) is -0.0221. The molecule has 0 atom stereocenters. The molecule has 120 valence electrons. The Morgan fingerprint density at radius 2 is 1.82 bits per heavy atom. The highest BCUT2D eigenvalue weighted by Crippen LogP contribution is 2.10. The van der Waals surface area contributed by atoms with Crippen molar-refractivity contribution in [3.63, 3.8) is 0 Å². The topological polar surface area (TPSA) is 65.5 Å². The number of carbonyl (C=O) groups excluding carboxylic acids is 2. The molecule has 6 heteroatoms. The maximum atomic E-state index is 12.4. The molecular weight excluding hydrogens is 280 g/mol. The molecule has 1 saturated heterocycles. The predicted molar refractivity (Wildman–Crippen MR) is 84.6 cm³/mol. The second-order valence-electron chi connectivity index (χ2n) is 6.55. The van der Waals surface area contributed by atoms with Crippen LogP contribution in [0.3, 0.4) is 0 Å². The second-order valence-corrected chi connectivity index (χ2v) is 6.55. The van der Waals surface area contributed by atoms with Crippen LogP contribution in [0.5, 0.6) is 0 Å². The van der Waals surface area contributed by atoms with Crippen LogP contribution in [0.4, 0.5) is 4.79 Å². The molecule has 2 heterocycles. The highest BCUT2D eigenvalue weighted by Gasteiger charge is 2.24. The Hall–Kier alpha value is -2.11. The molecule has 22 heavy (non-hydrogen) atoms. The first-order valence-electron chi connectivity index (χ1n) is 7.63. The van der Waals surface area contributed by atoms with Gasteiger partial charge in [-0.15, -0.1) is 0 Å². The fourth-order valence-electron chi connectivity index (χ4n) is 2.40. The summed E-state index contributed by atoms with van der Waals surface area (Å²) in [5.41, 5.74) is 0.337. The largest absolute Gasteiger partial charge is 0.337 e. The van der Waals surface area contributed by atoms with Gasteiger partial charge in [0, 0.05) is 44.1 Å². The average Bonchev–Trinajstić information content (AvgIpc) is 2.71. The van der Waals surface area contributed by atoms with Crippen molar-refractivity contribution in [2.45, 2.75) is 32.7 Å². The maximum absolute atomic E-state index is 12.4. The van der Waals surface area contributed by atoms with Crippen molar-refractivity contribution >= 4 is 11.9 Å². The highest BCUT2D eigenvalue weighted by atomic mass is 16.2. The standard InChI is InChI=1S/C16H24N4O2/c1-16(2,3)18-15(22)20-9-5-8-19(10-11-20)14(21)13-6-4-7-17-12-13/h4,6-7,12H,5,8-11H2,1-3H3,(H,18,22). The Labute approximate surface area is 131 Å². The number of amides is 3. The minimum Gasteiger partial charge on any atom is -0.337 e. The summed E-state index contributed by atoms with van der Waals surface area (Å²) < 4.78 is 0. The molecule has 2 rings (SSSR count). The van der Waals surface area contributed by atoms with Gasteiger partial charge in [-0.25, -0.2) is 4.79 Å². The molecule has 1 N–H and O–H groups in total. The van der Waals surface area contributed by atoms with E-state index in [-0.39, 0.29) is 17.5 Å². The molecule has 0 unspecified atom stereocenters. The quantitative estimate of drug-likeness (QED) is 0.859. The van der Waals surface area contributed by atoms with Crippen LogP contribution >= 0.6 is 0 Å². The zero-order valence-electron chi connectivity index (χ0n) is 13.5. The van der Waals surface area contributed by atoms with Gasteiger partial charge in [0.05, 0.1) is 5.56 Å². The Kier molecular flexibility index (Phi) is 5.00.